The number of ether oxygens (including phenoxy) is 1. The molecule has 5 nitrogen and oxygen atoms in total. The summed E-state index contributed by atoms with van der Waals surface area (Å²) in [7, 11) is 0. The van der Waals surface area contributed by atoms with Gasteiger partial charge in [-0.05, 0) is 37.1 Å². The largest absolute Gasteiger partial charge is 0.492 e. The van der Waals surface area contributed by atoms with Gasteiger partial charge in [0.05, 0.1) is 24.4 Å². The summed E-state index contributed by atoms with van der Waals surface area (Å²) in [6, 6.07) is 14.4. The Hall–Kier alpha value is -2.82. The highest BCUT2D eigenvalue weighted by molar-refractivity contribution is 6.23. The van der Waals surface area contributed by atoms with E-state index in [0.717, 1.165) is 17.7 Å². The second-order valence-corrected chi connectivity index (χ2v) is 5.88. The Labute approximate surface area is 147 Å². The van der Waals surface area contributed by atoms with E-state index in [1.54, 1.807) is 0 Å². The number of carbonyl (C=O) groups excluding carboxylic acids is 2. The minimum absolute atomic E-state index is 0.136. The fourth-order valence-corrected chi connectivity index (χ4v) is 3.08. The summed E-state index contributed by atoms with van der Waals surface area (Å²) in [5.41, 5.74) is 2.39. The van der Waals surface area contributed by atoms with Crippen LogP contribution in [0, 0.1) is 0 Å². The van der Waals surface area contributed by atoms with Crippen LogP contribution in [0.5, 0.6) is 5.75 Å². The van der Waals surface area contributed by atoms with Gasteiger partial charge in [-0.3, -0.25) is 9.59 Å². The van der Waals surface area contributed by atoms with Crippen LogP contribution >= 0.6 is 0 Å². The highest BCUT2D eigenvalue weighted by atomic mass is 16.5. The highest BCUT2D eigenvalue weighted by Gasteiger charge is 2.40. The Balaban J connectivity index is 1.85. The normalized spacial score (nSPS) is 17.0. The number of benzene rings is 2. The van der Waals surface area contributed by atoms with E-state index in [1.807, 2.05) is 62.4 Å². The summed E-state index contributed by atoms with van der Waals surface area (Å²) in [6.45, 7) is 4.45. The SMILES string of the molecule is CCOc1ccccc1N[C@@H]1CC(=O)N(c2ccccc2CC)C1=O. The average Bonchev–Trinajstić information content (AvgIpc) is 2.90. The zero-order chi connectivity index (χ0) is 17.8. The van der Waals surface area contributed by atoms with Crippen molar-refractivity contribution in [3.8, 4) is 5.75 Å². The number of para-hydroxylation sites is 3. The van der Waals surface area contributed by atoms with Crippen LogP contribution in [0.2, 0.25) is 0 Å². The zero-order valence-corrected chi connectivity index (χ0v) is 14.5. The number of anilines is 2. The standard InChI is InChI=1S/C20H22N2O3/c1-3-14-9-5-7-11-17(14)22-19(23)13-16(20(22)24)21-15-10-6-8-12-18(15)25-4-2/h5-12,16,21H,3-4,13H2,1-2H3/t16-/m1/s1. The molecule has 0 radical (unpaired) electrons. The third kappa shape index (κ3) is 3.36. The smallest absolute Gasteiger partial charge is 0.256 e. The third-order valence-electron chi connectivity index (χ3n) is 4.28. The van der Waals surface area contributed by atoms with Gasteiger partial charge in [0.15, 0.2) is 0 Å². The molecule has 1 heterocycles. The summed E-state index contributed by atoms with van der Waals surface area (Å²) in [4.78, 5) is 26.7. The molecular formula is C20H22N2O3. The molecule has 1 atom stereocenters. The number of carbonyl (C=O) groups is 2. The third-order valence-corrected chi connectivity index (χ3v) is 4.28. The van der Waals surface area contributed by atoms with Gasteiger partial charge in [0.2, 0.25) is 5.91 Å². The molecule has 0 saturated carbocycles. The molecular weight excluding hydrogens is 316 g/mol. The van der Waals surface area contributed by atoms with Crippen molar-refractivity contribution in [3.05, 3.63) is 54.1 Å². The molecule has 0 spiro atoms. The fourth-order valence-electron chi connectivity index (χ4n) is 3.08. The number of nitrogens with zero attached hydrogens (tertiary/aromatic N) is 1. The van der Waals surface area contributed by atoms with Crippen molar-refractivity contribution in [1.29, 1.82) is 0 Å². The lowest BCUT2D eigenvalue weighted by Gasteiger charge is -2.19. The molecule has 2 amide bonds. The van der Waals surface area contributed by atoms with Crippen molar-refractivity contribution in [2.75, 3.05) is 16.8 Å². The monoisotopic (exact) mass is 338 g/mol. The molecule has 25 heavy (non-hydrogen) atoms. The van der Waals surface area contributed by atoms with Crippen LogP contribution in [0.15, 0.2) is 48.5 Å². The molecule has 5 heteroatoms. The molecule has 1 saturated heterocycles. The van der Waals surface area contributed by atoms with Crippen LogP contribution in [-0.4, -0.2) is 24.5 Å². The summed E-state index contributed by atoms with van der Waals surface area (Å²) in [5, 5.41) is 3.17. The quantitative estimate of drug-likeness (QED) is 0.820. The van der Waals surface area contributed by atoms with Gasteiger partial charge in [0.25, 0.3) is 5.91 Å². The second-order valence-electron chi connectivity index (χ2n) is 5.88. The van der Waals surface area contributed by atoms with E-state index in [2.05, 4.69) is 5.32 Å². The van der Waals surface area contributed by atoms with Crippen LogP contribution in [0.4, 0.5) is 11.4 Å². The zero-order valence-electron chi connectivity index (χ0n) is 14.5. The van der Waals surface area contributed by atoms with Gasteiger partial charge in [-0.1, -0.05) is 37.3 Å². The highest BCUT2D eigenvalue weighted by Crippen LogP contribution is 2.30. The minimum atomic E-state index is -0.584. The number of aryl methyl sites for hydroxylation is 1. The lowest BCUT2D eigenvalue weighted by molar-refractivity contribution is -0.121. The van der Waals surface area contributed by atoms with Crippen molar-refractivity contribution in [1.82, 2.24) is 0 Å². The molecule has 1 aliphatic heterocycles. The van der Waals surface area contributed by atoms with E-state index < -0.39 is 6.04 Å². The fraction of sp³-hybridized carbons (Fsp3) is 0.300. The molecule has 0 bridgehead atoms. The molecule has 1 aliphatic rings. The van der Waals surface area contributed by atoms with Gasteiger partial charge in [0.1, 0.15) is 11.8 Å². The van der Waals surface area contributed by atoms with Crippen molar-refractivity contribution in [2.45, 2.75) is 32.7 Å². The van der Waals surface area contributed by atoms with E-state index in [1.165, 1.54) is 4.90 Å². The van der Waals surface area contributed by atoms with Crippen molar-refractivity contribution in [2.24, 2.45) is 0 Å². The molecule has 0 unspecified atom stereocenters. The number of amides is 2. The lowest BCUT2D eigenvalue weighted by Crippen LogP contribution is -2.35. The Morgan fingerprint density at radius 3 is 2.56 bits per heavy atom. The first-order valence-electron chi connectivity index (χ1n) is 8.58. The molecule has 1 fully saturated rings. The maximum atomic E-state index is 12.9. The minimum Gasteiger partial charge on any atom is -0.492 e. The van der Waals surface area contributed by atoms with Gasteiger partial charge in [-0.2, -0.15) is 0 Å². The van der Waals surface area contributed by atoms with E-state index in [-0.39, 0.29) is 18.2 Å². The summed E-state index contributed by atoms with van der Waals surface area (Å²) >= 11 is 0. The van der Waals surface area contributed by atoms with E-state index in [0.29, 0.717) is 18.0 Å². The van der Waals surface area contributed by atoms with Crippen molar-refractivity contribution >= 4 is 23.2 Å². The van der Waals surface area contributed by atoms with Crippen molar-refractivity contribution < 1.29 is 14.3 Å². The van der Waals surface area contributed by atoms with Crippen LogP contribution < -0.4 is 15.0 Å². The van der Waals surface area contributed by atoms with Crippen LogP contribution in [0.25, 0.3) is 0 Å². The predicted octanol–water partition coefficient (Wildman–Crippen LogP) is 3.39. The number of nitrogens with one attached hydrogen (secondary N) is 1. The Kier molecular flexibility index (Phi) is 5.03. The average molecular weight is 338 g/mol. The van der Waals surface area contributed by atoms with E-state index in [4.69, 9.17) is 4.74 Å². The van der Waals surface area contributed by atoms with Gasteiger partial charge >= 0.3 is 0 Å². The van der Waals surface area contributed by atoms with Gasteiger partial charge in [-0.25, -0.2) is 4.90 Å². The van der Waals surface area contributed by atoms with Gasteiger partial charge in [0, 0.05) is 0 Å². The van der Waals surface area contributed by atoms with Crippen molar-refractivity contribution in [3.63, 3.8) is 0 Å². The van der Waals surface area contributed by atoms with Crippen LogP contribution in [0.1, 0.15) is 25.8 Å². The van der Waals surface area contributed by atoms with Crippen LogP contribution in [0.3, 0.4) is 0 Å². The summed E-state index contributed by atoms with van der Waals surface area (Å²) in [5.74, 6) is 0.271. The molecule has 2 aromatic rings. The van der Waals surface area contributed by atoms with Gasteiger partial charge < -0.3 is 10.1 Å². The first-order chi connectivity index (χ1) is 12.2. The Morgan fingerprint density at radius 2 is 1.80 bits per heavy atom. The number of hydrogen-bond donors (Lipinski definition) is 1. The molecule has 2 aromatic carbocycles. The Morgan fingerprint density at radius 1 is 1.08 bits per heavy atom. The van der Waals surface area contributed by atoms with E-state index >= 15 is 0 Å². The first kappa shape index (κ1) is 17.0. The summed E-state index contributed by atoms with van der Waals surface area (Å²) in [6.07, 6.45) is 0.899. The van der Waals surface area contributed by atoms with Crippen LogP contribution in [-0.2, 0) is 16.0 Å². The Bertz CT molecular complexity index is 788. The molecule has 0 aromatic heterocycles. The summed E-state index contributed by atoms with van der Waals surface area (Å²) < 4.78 is 5.59. The number of imide groups is 1. The maximum Gasteiger partial charge on any atom is 0.256 e. The number of hydrogen-bond acceptors (Lipinski definition) is 4. The first-order valence-corrected chi connectivity index (χ1v) is 8.58. The molecule has 0 aliphatic carbocycles. The second kappa shape index (κ2) is 7.38. The molecule has 3 rings (SSSR count). The van der Waals surface area contributed by atoms with Gasteiger partial charge in [-0.15, -0.1) is 0 Å². The molecule has 1 N–H and O–H groups in total. The molecule has 130 valence electrons. The maximum absolute atomic E-state index is 12.9. The topological polar surface area (TPSA) is 58.6 Å². The lowest BCUT2D eigenvalue weighted by atomic mass is 10.1. The van der Waals surface area contributed by atoms with E-state index in [9.17, 15) is 9.59 Å². The number of rotatable bonds is 6. The predicted molar refractivity (Wildman–Crippen MR) is 98.0 cm³/mol.